The molecule has 2 rings (SSSR count). The number of rotatable bonds is 6. The third kappa shape index (κ3) is 4.85. The molecule has 21 heavy (non-hydrogen) atoms. The number of nitrogens with one attached hydrogen (secondary N) is 1. The zero-order valence-corrected chi connectivity index (χ0v) is 15.0. The maximum atomic E-state index is 12.2. The van der Waals surface area contributed by atoms with Gasteiger partial charge in [0.05, 0.1) is 0 Å². The van der Waals surface area contributed by atoms with Crippen LogP contribution in [0.3, 0.4) is 0 Å². The Morgan fingerprint density at radius 1 is 1.43 bits per heavy atom. The normalized spacial score (nSPS) is 30.2. The molecule has 1 N–H and O–H groups in total. The molecule has 2 heterocycles. The third-order valence-corrected chi connectivity index (χ3v) is 8.35. The minimum atomic E-state index is -2.95. The number of hydrogen-bond acceptors (Lipinski definition) is 5. The van der Waals surface area contributed by atoms with E-state index in [0.717, 1.165) is 50.0 Å². The Morgan fingerprint density at radius 2 is 2.24 bits per heavy atom. The molecule has 0 aromatic carbocycles. The van der Waals surface area contributed by atoms with Gasteiger partial charge in [-0.15, -0.1) is 0 Å². The van der Waals surface area contributed by atoms with Gasteiger partial charge in [-0.1, -0.05) is 13.8 Å². The molecule has 0 bridgehead atoms. The molecule has 3 atom stereocenters. The molecule has 3 unspecified atom stereocenters. The molecule has 2 saturated heterocycles. The van der Waals surface area contributed by atoms with E-state index in [4.69, 9.17) is 0 Å². The molecule has 0 saturated carbocycles. The third-order valence-electron chi connectivity index (χ3n) is 5.02. The molecule has 0 aromatic rings. The highest BCUT2D eigenvalue weighted by molar-refractivity contribution is 8.01. The average Bonchev–Trinajstić information content (AvgIpc) is 2.53. The number of nitrogens with zero attached hydrogens (tertiary/aromatic N) is 1. The minimum absolute atomic E-state index is 0.252. The maximum absolute atomic E-state index is 12.2. The van der Waals surface area contributed by atoms with E-state index in [2.05, 4.69) is 17.1 Å². The van der Waals surface area contributed by atoms with Crippen molar-refractivity contribution in [1.29, 1.82) is 0 Å². The molecular formula is C15H30N2O2S2. The summed E-state index contributed by atoms with van der Waals surface area (Å²) >= 11 is 1.78. The molecule has 0 aliphatic carbocycles. The van der Waals surface area contributed by atoms with Gasteiger partial charge in [-0.2, -0.15) is 11.8 Å². The van der Waals surface area contributed by atoms with Gasteiger partial charge in [-0.25, -0.2) is 8.42 Å². The van der Waals surface area contributed by atoms with E-state index in [1.54, 1.807) is 18.7 Å². The summed E-state index contributed by atoms with van der Waals surface area (Å²) in [6, 6.07) is 0. The van der Waals surface area contributed by atoms with Crippen LogP contribution in [0.1, 0.15) is 33.1 Å². The summed E-state index contributed by atoms with van der Waals surface area (Å²) in [7, 11) is -2.95. The van der Waals surface area contributed by atoms with E-state index in [1.165, 1.54) is 12.8 Å². The van der Waals surface area contributed by atoms with Crippen LogP contribution in [0.4, 0.5) is 0 Å². The summed E-state index contributed by atoms with van der Waals surface area (Å²) in [5.41, 5.74) is 0. The highest BCUT2D eigenvalue weighted by Gasteiger charge is 2.33. The molecule has 0 radical (unpaired) electrons. The van der Waals surface area contributed by atoms with Crippen molar-refractivity contribution in [2.75, 3.05) is 43.4 Å². The fourth-order valence-electron chi connectivity index (χ4n) is 3.36. The molecular weight excluding hydrogens is 304 g/mol. The quantitative estimate of drug-likeness (QED) is 0.803. The van der Waals surface area contributed by atoms with Crippen molar-refractivity contribution < 1.29 is 8.42 Å². The van der Waals surface area contributed by atoms with Crippen LogP contribution >= 0.6 is 11.8 Å². The van der Waals surface area contributed by atoms with E-state index in [-0.39, 0.29) is 11.1 Å². The molecule has 2 fully saturated rings. The molecule has 124 valence electrons. The van der Waals surface area contributed by atoms with Crippen LogP contribution in [-0.4, -0.2) is 62.1 Å². The fourth-order valence-corrected chi connectivity index (χ4v) is 6.47. The van der Waals surface area contributed by atoms with Gasteiger partial charge in [0.1, 0.15) is 5.37 Å². The lowest BCUT2D eigenvalue weighted by Crippen LogP contribution is -2.48. The summed E-state index contributed by atoms with van der Waals surface area (Å²) in [4.78, 5) is 2.22. The minimum Gasteiger partial charge on any atom is -0.316 e. The fraction of sp³-hybridized carbons (Fsp3) is 1.00. The topological polar surface area (TPSA) is 49.4 Å². The highest BCUT2D eigenvalue weighted by atomic mass is 32.2. The number of thioether (sulfide) groups is 1. The lowest BCUT2D eigenvalue weighted by atomic mass is 9.85. The van der Waals surface area contributed by atoms with Gasteiger partial charge in [-0.3, -0.25) is 4.90 Å². The van der Waals surface area contributed by atoms with Gasteiger partial charge >= 0.3 is 0 Å². The predicted molar refractivity (Wildman–Crippen MR) is 91.5 cm³/mol. The number of hydrogen-bond donors (Lipinski definition) is 1. The van der Waals surface area contributed by atoms with Crippen LogP contribution in [0.2, 0.25) is 0 Å². The lowest BCUT2D eigenvalue weighted by Gasteiger charge is -2.36. The largest absolute Gasteiger partial charge is 0.316 e. The summed E-state index contributed by atoms with van der Waals surface area (Å²) in [6.45, 7) is 8.24. The van der Waals surface area contributed by atoms with Crippen LogP contribution in [0.25, 0.3) is 0 Å². The summed E-state index contributed by atoms with van der Waals surface area (Å²) in [6.07, 6.45) is 3.72. The SMILES string of the molecule is CCS(=O)(=O)C1CSCCN1CCC(C)C1CCCNC1. The Labute approximate surface area is 134 Å². The van der Waals surface area contributed by atoms with Crippen LogP contribution in [0.5, 0.6) is 0 Å². The van der Waals surface area contributed by atoms with Crippen LogP contribution in [0, 0.1) is 11.8 Å². The second-order valence-electron chi connectivity index (χ2n) is 6.39. The molecule has 2 aliphatic heterocycles. The Bertz CT molecular complexity index is 408. The first-order chi connectivity index (χ1) is 10.0. The first-order valence-electron chi connectivity index (χ1n) is 8.28. The van der Waals surface area contributed by atoms with Crippen molar-refractivity contribution in [2.24, 2.45) is 11.8 Å². The average molecular weight is 335 g/mol. The highest BCUT2D eigenvalue weighted by Crippen LogP contribution is 2.26. The van der Waals surface area contributed by atoms with E-state index < -0.39 is 9.84 Å². The van der Waals surface area contributed by atoms with Crippen LogP contribution in [-0.2, 0) is 9.84 Å². The molecule has 0 amide bonds. The van der Waals surface area contributed by atoms with Crippen LogP contribution < -0.4 is 5.32 Å². The Kier molecular flexibility index (Phi) is 6.84. The summed E-state index contributed by atoms with van der Waals surface area (Å²) in [5.74, 6) is 3.51. The van der Waals surface area contributed by atoms with E-state index in [1.807, 2.05) is 0 Å². The summed E-state index contributed by atoms with van der Waals surface area (Å²) in [5, 5.41) is 3.23. The van der Waals surface area contributed by atoms with Crippen molar-refractivity contribution >= 4 is 21.6 Å². The first kappa shape index (κ1) is 17.6. The Hall–Kier alpha value is 0.220. The zero-order chi connectivity index (χ0) is 15.3. The van der Waals surface area contributed by atoms with E-state index >= 15 is 0 Å². The van der Waals surface area contributed by atoms with Crippen molar-refractivity contribution in [2.45, 2.75) is 38.5 Å². The second-order valence-corrected chi connectivity index (χ2v) is 9.99. The van der Waals surface area contributed by atoms with Gasteiger partial charge in [0, 0.05) is 23.8 Å². The van der Waals surface area contributed by atoms with Crippen molar-refractivity contribution in [1.82, 2.24) is 10.2 Å². The maximum Gasteiger partial charge on any atom is 0.166 e. The monoisotopic (exact) mass is 334 g/mol. The van der Waals surface area contributed by atoms with Gasteiger partial charge in [-0.05, 0) is 50.7 Å². The zero-order valence-electron chi connectivity index (χ0n) is 13.4. The van der Waals surface area contributed by atoms with Crippen molar-refractivity contribution in [3.05, 3.63) is 0 Å². The molecule has 0 aromatic heterocycles. The van der Waals surface area contributed by atoms with Crippen LogP contribution in [0.15, 0.2) is 0 Å². The number of sulfone groups is 1. The summed E-state index contributed by atoms with van der Waals surface area (Å²) < 4.78 is 24.5. The molecule has 4 nitrogen and oxygen atoms in total. The smallest absolute Gasteiger partial charge is 0.166 e. The van der Waals surface area contributed by atoms with E-state index in [0.29, 0.717) is 5.92 Å². The Morgan fingerprint density at radius 3 is 2.90 bits per heavy atom. The Balaban J connectivity index is 1.87. The van der Waals surface area contributed by atoms with Crippen molar-refractivity contribution in [3.8, 4) is 0 Å². The van der Waals surface area contributed by atoms with Gasteiger partial charge in [0.25, 0.3) is 0 Å². The van der Waals surface area contributed by atoms with E-state index in [9.17, 15) is 8.42 Å². The molecule has 2 aliphatic rings. The standard InChI is InChI=1S/C15H30N2O2S2/c1-3-21(18,19)15-12-20-10-9-17(15)8-6-13(2)14-5-4-7-16-11-14/h13-16H,3-12H2,1-2H3. The molecule has 6 heteroatoms. The predicted octanol–water partition coefficient (Wildman–Crippen LogP) is 1.82. The van der Waals surface area contributed by atoms with Gasteiger partial charge < -0.3 is 5.32 Å². The van der Waals surface area contributed by atoms with Gasteiger partial charge in [0.15, 0.2) is 9.84 Å². The molecule has 0 spiro atoms. The van der Waals surface area contributed by atoms with Crippen molar-refractivity contribution in [3.63, 3.8) is 0 Å². The second kappa shape index (κ2) is 8.18. The lowest BCUT2D eigenvalue weighted by molar-refractivity contribution is 0.210. The van der Waals surface area contributed by atoms with Gasteiger partial charge in [0.2, 0.25) is 0 Å². The number of piperidine rings is 1. The first-order valence-corrected chi connectivity index (χ1v) is 11.2.